The molecule has 0 saturated carbocycles. The number of hydrogen-bond acceptors (Lipinski definition) is 2. The zero-order valence-electron chi connectivity index (χ0n) is 9.16. The van der Waals surface area contributed by atoms with Gasteiger partial charge in [-0.1, -0.05) is 12.1 Å². The van der Waals surface area contributed by atoms with Gasteiger partial charge in [0.25, 0.3) is 0 Å². The van der Waals surface area contributed by atoms with Crippen LogP contribution < -0.4 is 0 Å². The maximum absolute atomic E-state index is 11.3. The molecule has 76 valence electrons. The van der Waals surface area contributed by atoms with E-state index in [0.29, 0.717) is 5.56 Å². The van der Waals surface area contributed by atoms with Gasteiger partial charge in [-0.2, -0.15) is 0 Å². The van der Waals surface area contributed by atoms with Crippen LogP contribution in [0.1, 0.15) is 28.5 Å². The number of fused-ring (bicyclic) bond motifs is 1. The van der Waals surface area contributed by atoms with Crippen molar-refractivity contribution in [3.8, 4) is 0 Å². The Morgan fingerprint density at radius 3 is 2.60 bits per heavy atom. The highest BCUT2D eigenvalue weighted by atomic mass is 16.1. The molecule has 0 bridgehead atoms. The summed E-state index contributed by atoms with van der Waals surface area (Å²) in [6.45, 7) is 5.48. The smallest absolute Gasteiger partial charge is 0.161 e. The molecular weight excluding hydrogens is 186 g/mol. The van der Waals surface area contributed by atoms with Crippen LogP contribution in [0.25, 0.3) is 10.9 Å². The molecule has 15 heavy (non-hydrogen) atoms. The van der Waals surface area contributed by atoms with E-state index in [9.17, 15) is 4.79 Å². The van der Waals surface area contributed by atoms with Gasteiger partial charge in [0.15, 0.2) is 5.78 Å². The number of rotatable bonds is 1. The normalized spacial score (nSPS) is 10.6. The molecule has 0 unspecified atom stereocenters. The zero-order valence-corrected chi connectivity index (χ0v) is 9.16. The molecule has 2 nitrogen and oxygen atoms in total. The lowest BCUT2D eigenvalue weighted by Crippen LogP contribution is -1.99. The standard InChI is InChI=1S/C13H13NO/c1-8-4-5-11-7-12(10(3)15)9(2)14-13(11)6-8/h4-7H,1-3H3. The molecule has 0 N–H and O–H groups in total. The molecule has 0 radical (unpaired) electrons. The minimum Gasteiger partial charge on any atom is -0.294 e. The highest BCUT2D eigenvalue weighted by Gasteiger charge is 2.06. The fourth-order valence-corrected chi connectivity index (χ4v) is 1.73. The Labute approximate surface area is 89.0 Å². The second kappa shape index (κ2) is 3.46. The molecule has 2 heteroatoms. The number of carbonyl (C=O) groups is 1. The van der Waals surface area contributed by atoms with Crippen LogP contribution in [0.3, 0.4) is 0 Å². The number of aromatic nitrogens is 1. The molecule has 0 spiro atoms. The molecule has 1 aromatic heterocycles. The zero-order chi connectivity index (χ0) is 11.0. The van der Waals surface area contributed by atoms with Crippen LogP contribution in [0.2, 0.25) is 0 Å². The van der Waals surface area contributed by atoms with E-state index >= 15 is 0 Å². The first-order valence-electron chi connectivity index (χ1n) is 4.97. The summed E-state index contributed by atoms with van der Waals surface area (Å²) < 4.78 is 0. The van der Waals surface area contributed by atoms with Crippen LogP contribution in [0, 0.1) is 13.8 Å². The second-order valence-corrected chi connectivity index (χ2v) is 3.87. The van der Waals surface area contributed by atoms with Crippen molar-refractivity contribution in [2.45, 2.75) is 20.8 Å². The van der Waals surface area contributed by atoms with Crippen LogP contribution in [0.5, 0.6) is 0 Å². The fraction of sp³-hybridized carbons (Fsp3) is 0.231. The molecule has 1 aromatic carbocycles. The first-order valence-corrected chi connectivity index (χ1v) is 4.97. The fourth-order valence-electron chi connectivity index (χ4n) is 1.73. The summed E-state index contributed by atoms with van der Waals surface area (Å²) >= 11 is 0. The summed E-state index contributed by atoms with van der Waals surface area (Å²) in [5.74, 6) is 0.0717. The van der Waals surface area contributed by atoms with Crippen molar-refractivity contribution in [3.05, 3.63) is 41.1 Å². The number of aryl methyl sites for hydroxylation is 2. The van der Waals surface area contributed by atoms with Gasteiger partial charge in [-0.3, -0.25) is 9.78 Å². The summed E-state index contributed by atoms with van der Waals surface area (Å²) in [5, 5.41) is 1.02. The molecule has 2 rings (SSSR count). The molecule has 0 saturated heterocycles. The third kappa shape index (κ3) is 1.75. The van der Waals surface area contributed by atoms with Gasteiger partial charge in [0.05, 0.1) is 5.52 Å². The largest absolute Gasteiger partial charge is 0.294 e. The van der Waals surface area contributed by atoms with E-state index in [2.05, 4.69) is 4.98 Å². The van der Waals surface area contributed by atoms with Crippen LogP contribution >= 0.6 is 0 Å². The summed E-state index contributed by atoms with van der Waals surface area (Å²) in [4.78, 5) is 15.8. The van der Waals surface area contributed by atoms with Gasteiger partial charge in [0.1, 0.15) is 0 Å². The van der Waals surface area contributed by atoms with Crippen molar-refractivity contribution in [2.75, 3.05) is 0 Å². The van der Waals surface area contributed by atoms with Crippen molar-refractivity contribution in [2.24, 2.45) is 0 Å². The van der Waals surface area contributed by atoms with Gasteiger partial charge < -0.3 is 0 Å². The predicted molar refractivity (Wildman–Crippen MR) is 61.2 cm³/mol. The van der Waals surface area contributed by atoms with Crippen molar-refractivity contribution in [1.82, 2.24) is 4.98 Å². The van der Waals surface area contributed by atoms with Crippen LogP contribution in [-0.4, -0.2) is 10.8 Å². The third-order valence-electron chi connectivity index (χ3n) is 2.54. The first kappa shape index (κ1) is 9.84. The Balaban J connectivity index is 2.76. The summed E-state index contributed by atoms with van der Waals surface area (Å²) in [6.07, 6.45) is 0. The van der Waals surface area contributed by atoms with E-state index in [1.165, 1.54) is 5.56 Å². The lowest BCUT2D eigenvalue weighted by Gasteiger charge is -2.04. The van der Waals surface area contributed by atoms with Crippen molar-refractivity contribution in [1.29, 1.82) is 0 Å². The molecule has 0 amide bonds. The van der Waals surface area contributed by atoms with E-state index in [1.54, 1.807) is 6.92 Å². The highest BCUT2D eigenvalue weighted by Crippen LogP contribution is 2.18. The molecule has 1 heterocycles. The summed E-state index contributed by atoms with van der Waals surface area (Å²) in [5.41, 5.74) is 3.66. The van der Waals surface area contributed by atoms with Gasteiger partial charge in [-0.05, 0) is 38.5 Å². The SMILES string of the molecule is CC(=O)c1cc2ccc(C)cc2nc1C. The van der Waals surface area contributed by atoms with Gasteiger partial charge in [-0.25, -0.2) is 0 Å². The van der Waals surface area contributed by atoms with E-state index in [0.717, 1.165) is 16.6 Å². The summed E-state index contributed by atoms with van der Waals surface area (Å²) in [6, 6.07) is 7.98. The van der Waals surface area contributed by atoms with Gasteiger partial charge in [0, 0.05) is 16.6 Å². The quantitative estimate of drug-likeness (QED) is 0.661. The van der Waals surface area contributed by atoms with Crippen molar-refractivity contribution in [3.63, 3.8) is 0 Å². The van der Waals surface area contributed by atoms with E-state index < -0.39 is 0 Å². The monoisotopic (exact) mass is 199 g/mol. The highest BCUT2D eigenvalue weighted by molar-refractivity contribution is 5.98. The minimum absolute atomic E-state index is 0.0717. The number of ketones is 1. The van der Waals surface area contributed by atoms with Crippen LogP contribution in [-0.2, 0) is 0 Å². The van der Waals surface area contributed by atoms with Gasteiger partial charge >= 0.3 is 0 Å². The minimum atomic E-state index is 0.0717. The average Bonchev–Trinajstić information content (AvgIpc) is 2.15. The Hall–Kier alpha value is -1.70. The molecule has 0 fully saturated rings. The Bertz CT molecular complexity index is 543. The van der Waals surface area contributed by atoms with E-state index in [4.69, 9.17) is 0 Å². The van der Waals surface area contributed by atoms with Crippen molar-refractivity contribution >= 4 is 16.7 Å². The number of benzene rings is 1. The number of carbonyl (C=O) groups excluding carboxylic acids is 1. The molecule has 0 aliphatic rings. The Morgan fingerprint density at radius 2 is 1.93 bits per heavy atom. The third-order valence-corrected chi connectivity index (χ3v) is 2.54. The first-order chi connectivity index (χ1) is 7.08. The lowest BCUT2D eigenvalue weighted by molar-refractivity contribution is 0.101. The molecular formula is C13H13NO. The number of hydrogen-bond donors (Lipinski definition) is 0. The Kier molecular flexibility index (Phi) is 2.27. The molecule has 0 aliphatic heterocycles. The van der Waals surface area contributed by atoms with Crippen LogP contribution in [0.15, 0.2) is 24.3 Å². The van der Waals surface area contributed by atoms with E-state index in [1.807, 2.05) is 38.1 Å². The Morgan fingerprint density at radius 1 is 1.20 bits per heavy atom. The average molecular weight is 199 g/mol. The van der Waals surface area contributed by atoms with Crippen LogP contribution in [0.4, 0.5) is 0 Å². The van der Waals surface area contributed by atoms with Gasteiger partial charge in [-0.15, -0.1) is 0 Å². The number of Topliss-reactive ketones (excluding diaryl/α,β-unsaturated/α-hetero) is 1. The van der Waals surface area contributed by atoms with Crippen molar-refractivity contribution < 1.29 is 4.79 Å². The summed E-state index contributed by atoms with van der Waals surface area (Å²) in [7, 11) is 0. The number of nitrogens with zero attached hydrogens (tertiary/aromatic N) is 1. The maximum atomic E-state index is 11.3. The van der Waals surface area contributed by atoms with Gasteiger partial charge in [0.2, 0.25) is 0 Å². The lowest BCUT2D eigenvalue weighted by atomic mass is 10.1. The second-order valence-electron chi connectivity index (χ2n) is 3.87. The molecule has 0 aliphatic carbocycles. The predicted octanol–water partition coefficient (Wildman–Crippen LogP) is 3.05. The van der Waals surface area contributed by atoms with E-state index in [-0.39, 0.29) is 5.78 Å². The molecule has 2 aromatic rings. The molecule has 0 atom stereocenters. The number of pyridine rings is 1. The topological polar surface area (TPSA) is 30.0 Å². The maximum Gasteiger partial charge on any atom is 0.161 e.